The maximum atomic E-state index is 13.5. The minimum atomic E-state index is -3.89. The maximum Gasteiger partial charge on any atom is 0.263 e. The number of hydrogen-bond donors (Lipinski definition) is 0. The number of ether oxygens (including phenoxy) is 1. The van der Waals surface area contributed by atoms with Crippen LogP contribution < -0.4 is 9.64 Å². The van der Waals surface area contributed by atoms with Gasteiger partial charge in [0.2, 0.25) is 5.03 Å². The fourth-order valence-electron chi connectivity index (χ4n) is 4.05. The maximum absolute atomic E-state index is 13.5. The lowest BCUT2D eigenvalue weighted by Crippen LogP contribution is -2.49. The molecule has 2 fully saturated rings. The van der Waals surface area contributed by atoms with Crippen molar-refractivity contribution in [1.82, 2.24) is 19.0 Å². The van der Waals surface area contributed by atoms with Crippen LogP contribution in [-0.2, 0) is 16.6 Å². The van der Waals surface area contributed by atoms with Gasteiger partial charge in [-0.25, -0.2) is 8.42 Å². The van der Waals surface area contributed by atoms with Gasteiger partial charge in [-0.2, -0.15) is 9.40 Å². The van der Waals surface area contributed by atoms with Gasteiger partial charge in [0.1, 0.15) is 5.75 Å². The first-order valence-electron chi connectivity index (χ1n) is 11.2. The van der Waals surface area contributed by atoms with Crippen molar-refractivity contribution < 1.29 is 17.9 Å². The normalized spacial score (nSPS) is 19.3. The van der Waals surface area contributed by atoms with Gasteiger partial charge in [0.25, 0.3) is 15.9 Å². The molecule has 1 amide bonds. The number of anilines is 1. The van der Waals surface area contributed by atoms with Crippen molar-refractivity contribution in [3.05, 3.63) is 36.0 Å². The molecular weight excluding hydrogens is 430 g/mol. The zero-order chi connectivity index (χ0) is 22.9. The third kappa shape index (κ3) is 4.33. The Bertz CT molecular complexity index is 1080. The molecule has 0 bridgehead atoms. The molecule has 2 aliphatic rings. The lowest BCUT2D eigenvalue weighted by atomic mass is 10.2. The van der Waals surface area contributed by atoms with E-state index in [2.05, 4.69) is 10.00 Å². The fraction of sp³-hybridized carbons (Fsp3) is 0.545. The molecule has 2 aromatic rings. The highest BCUT2D eigenvalue weighted by atomic mass is 32.2. The van der Waals surface area contributed by atoms with Crippen LogP contribution in [0.25, 0.3) is 0 Å². The van der Waals surface area contributed by atoms with Crippen molar-refractivity contribution in [2.45, 2.75) is 44.8 Å². The summed E-state index contributed by atoms with van der Waals surface area (Å²) < 4.78 is 35.7. The molecule has 1 aromatic heterocycles. The third-order valence-corrected chi connectivity index (χ3v) is 7.70. The predicted molar refractivity (Wildman–Crippen MR) is 122 cm³/mol. The Kier molecular flexibility index (Phi) is 6.43. The van der Waals surface area contributed by atoms with Crippen LogP contribution in [0.2, 0.25) is 0 Å². The van der Waals surface area contributed by atoms with Crippen molar-refractivity contribution in [2.24, 2.45) is 0 Å². The summed E-state index contributed by atoms with van der Waals surface area (Å²) in [6, 6.07) is 7.93. The molecule has 4 rings (SSSR count). The van der Waals surface area contributed by atoms with Crippen LogP contribution in [0.4, 0.5) is 5.69 Å². The molecule has 10 heteroatoms. The van der Waals surface area contributed by atoms with Crippen LogP contribution in [0.5, 0.6) is 5.75 Å². The highest BCUT2D eigenvalue weighted by molar-refractivity contribution is 7.89. The van der Waals surface area contributed by atoms with E-state index in [1.807, 2.05) is 45.0 Å². The first-order chi connectivity index (χ1) is 15.4. The van der Waals surface area contributed by atoms with Gasteiger partial charge in [-0.15, -0.1) is 0 Å². The SMILES string of the molecule is CCCn1cc(C(=O)N2CC2C)c(S(=O)(=O)N2CCN(c3ccccc3OCC)CC2)n1. The van der Waals surface area contributed by atoms with Gasteiger partial charge < -0.3 is 14.5 Å². The van der Waals surface area contributed by atoms with Crippen molar-refractivity contribution in [3.63, 3.8) is 0 Å². The van der Waals surface area contributed by atoms with Crippen molar-refractivity contribution in [3.8, 4) is 5.75 Å². The number of benzene rings is 1. The van der Waals surface area contributed by atoms with Crippen LogP contribution in [0.3, 0.4) is 0 Å². The minimum absolute atomic E-state index is 0.127. The second-order valence-corrected chi connectivity index (χ2v) is 10.1. The van der Waals surface area contributed by atoms with Gasteiger partial charge in [0.05, 0.1) is 17.9 Å². The van der Waals surface area contributed by atoms with Crippen LogP contribution in [0.1, 0.15) is 37.6 Å². The van der Waals surface area contributed by atoms with Gasteiger partial charge in [-0.3, -0.25) is 9.48 Å². The van der Waals surface area contributed by atoms with Gasteiger partial charge in [-0.1, -0.05) is 19.1 Å². The average molecular weight is 462 g/mol. The minimum Gasteiger partial charge on any atom is -0.492 e. The number of rotatable bonds is 8. The van der Waals surface area contributed by atoms with Crippen LogP contribution in [0.15, 0.2) is 35.5 Å². The number of nitrogens with zero attached hydrogens (tertiary/aromatic N) is 5. The Labute approximate surface area is 189 Å². The first-order valence-corrected chi connectivity index (χ1v) is 12.7. The smallest absolute Gasteiger partial charge is 0.263 e. The van der Waals surface area contributed by atoms with E-state index in [0.717, 1.165) is 17.9 Å². The van der Waals surface area contributed by atoms with Crippen LogP contribution in [-0.4, -0.2) is 78.7 Å². The molecule has 2 saturated heterocycles. The van der Waals surface area contributed by atoms with E-state index in [1.165, 1.54) is 4.31 Å². The standard InChI is InChI=1S/C22H31N5O4S/c1-4-10-25-16-18(22(28)27-15-17(27)3)21(23-25)32(29,30)26-13-11-24(12-14-26)19-8-6-7-9-20(19)31-5-2/h6-9,16-17H,4-5,10-15H2,1-3H3. The Hall–Kier alpha value is -2.59. The second kappa shape index (κ2) is 9.11. The Morgan fingerprint density at radius 3 is 2.47 bits per heavy atom. The summed E-state index contributed by atoms with van der Waals surface area (Å²) in [6.07, 6.45) is 2.38. The summed E-state index contributed by atoms with van der Waals surface area (Å²) in [5.74, 6) is 0.535. The monoisotopic (exact) mass is 461 g/mol. The summed E-state index contributed by atoms with van der Waals surface area (Å²) in [5, 5.41) is 4.20. The van der Waals surface area contributed by atoms with E-state index in [9.17, 15) is 13.2 Å². The number of amides is 1. The molecule has 0 radical (unpaired) electrons. The molecule has 0 spiro atoms. The van der Waals surface area contributed by atoms with E-state index >= 15 is 0 Å². The van der Waals surface area contributed by atoms with E-state index in [0.29, 0.717) is 45.9 Å². The van der Waals surface area contributed by atoms with E-state index in [1.54, 1.807) is 15.8 Å². The van der Waals surface area contributed by atoms with Gasteiger partial charge >= 0.3 is 0 Å². The van der Waals surface area contributed by atoms with Crippen molar-refractivity contribution in [1.29, 1.82) is 0 Å². The zero-order valence-electron chi connectivity index (χ0n) is 18.9. The van der Waals surface area contributed by atoms with Crippen molar-refractivity contribution >= 4 is 21.6 Å². The Morgan fingerprint density at radius 2 is 1.84 bits per heavy atom. The zero-order valence-corrected chi connectivity index (χ0v) is 19.7. The molecule has 2 aliphatic heterocycles. The summed E-state index contributed by atoms with van der Waals surface area (Å²) in [6.45, 7) is 9.35. The molecule has 3 heterocycles. The number of para-hydroxylation sites is 2. The summed E-state index contributed by atoms with van der Waals surface area (Å²) in [5.41, 5.74) is 1.14. The third-order valence-electron chi connectivity index (χ3n) is 5.86. The lowest BCUT2D eigenvalue weighted by molar-refractivity contribution is 0.0872. The lowest BCUT2D eigenvalue weighted by Gasteiger charge is -2.35. The second-order valence-electron chi connectivity index (χ2n) is 8.21. The molecule has 1 unspecified atom stereocenters. The highest BCUT2D eigenvalue weighted by Gasteiger charge is 2.41. The number of sulfonamides is 1. The average Bonchev–Trinajstić information content (AvgIpc) is 3.36. The predicted octanol–water partition coefficient (Wildman–Crippen LogP) is 2.05. The molecule has 174 valence electrons. The van der Waals surface area contributed by atoms with E-state index in [-0.39, 0.29) is 22.5 Å². The Morgan fingerprint density at radius 1 is 1.16 bits per heavy atom. The molecular formula is C22H31N5O4S. The van der Waals surface area contributed by atoms with Gasteiger partial charge in [0, 0.05) is 51.5 Å². The quantitative estimate of drug-likeness (QED) is 0.559. The molecule has 0 aliphatic carbocycles. The fourth-order valence-corrected chi connectivity index (χ4v) is 5.56. The van der Waals surface area contributed by atoms with Gasteiger partial charge in [-0.05, 0) is 32.4 Å². The molecule has 9 nitrogen and oxygen atoms in total. The van der Waals surface area contributed by atoms with Crippen LogP contribution in [0, 0.1) is 0 Å². The van der Waals surface area contributed by atoms with Crippen molar-refractivity contribution in [2.75, 3.05) is 44.2 Å². The van der Waals surface area contributed by atoms with E-state index < -0.39 is 10.0 Å². The number of piperazine rings is 1. The molecule has 32 heavy (non-hydrogen) atoms. The topological polar surface area (TPSA) is 87.8 Å². The molecule has 0 saturated carbocycles. The summed E-state index contributed by atoms with van der Waals surface area (Å²) in [7, 11) is -3.89. The first kappa shape index (κ1) is 22.6. The van der Waals surface area contributed by atoms with Crippen LogP contribution >= 0.6 is 0 Å². The number of carbonyl (C=O) groups is 1. The molecule has 1 atom stereocenters. The van der Waals surface area contributed by atoms with E-state index in [4.69, 9.17) is 4.74 Å². The number of aromatic nitrogens is 2. The number of carbonyl (C=O) groups excluding carboxylic acids is 1. The largest absolute Gasteiger partial charge is 0.492 e. The highest BCUT2D eigenvalue weighted by Crippen LogP contribution is 2.31. The molecule has 1 aromatic carbocycles. The summed E-state index contributed by atoms with van der Waals surface area (Å²) >= 11 is 0. The molecule has 0 N–H and O–H groups in total. The Balaban J connectivity index is 1.54. The number of hydrogen-bond acceptors (Lipinski definition) is 6. The summed E-state index contributed by atoms with van der Waals surface area (Å²) in [4.78, 5) is 16.7. The number of aryl methyl sites for hydroxylation is 1. The van der Waals surface area contributed by atoms with Gasteiger partial charge in [0.15, 0.2) is 0 Å².